The van der Waals surface area contributed by atoms with Crippen molar-refractivity contribution in [2.24, 2.45) is 0 Å². The van der Waals surface area contributed by atoms with Crippen molar-refractivity contribution in [3.8, 4) is 39.9 Å². The molecule has 2 N–H and O–H groups in total. The van der Waals surface area contributed by atoms with Crippen LogP contribution < -0.4 is 25.5 Å². The van der Waals surface area contributed by atoms with Crippen LogP contribution in [0.15, 0.2) is 89.1 Å². The molecule has 0 fully saturated rings. The first-order valence-corrected chi connectivity index (χ1v) is 16.5. The average Bonchev–Trinajstić information content (AvgIpc) is 3.44. The van der Waals surface area contributed by atoms with E-state index in [1.165, 1.54) is 25.3 Å². The average molecular weight is 693 g/mol. The summed E-state index contributed by atoms with van der Waals surface area (Å²) in [5.74, 6) is 2.55. The molecule has 0 radical (unpaired) electrons. The van der Waals surface area contributed by atoms with E-state index in [2.05, 4.69) is 6.08 Å². The molecule has 10 nitrogen and oxygen atoms in total. The Morgan fingerprint density at radius 2 is 1.61 bits per heavy atom. The third-order valence-electron chi connectivity index (χ3n) is 8.59. The van der Waals surface area contributed by atoms with Crippen molar-refractivity contribution in [2.75, 3.05) is 14.2 Å². The van der Waals surface area contributed by atoms with Gasteiger partial charge in [0.05, 0.1) is 25.2 Å². The molecule has 0 aliphatic carbocycles. The van der Waals surface area contributed by atoms with E-state index in [9.17, 15) is 19.8 Å². The molecular weight excluding hydrogens is 652 g/mol. The molecule has 51 heavy (non-hydrogen) atoms. The van der Waals surface area contributed by atoms with Gasteiger partial charge in [0.25, 0.3) is 0 Å². The third-order valence-corrected chi connectivity index (χ3v) is 8.59. The first-order chi connectivity index (χ1) is 24.2. The second-order valence-corrected chi connectivity index (χ2v) is 13.4. The second-order valence-electron chi connectivity index (χ2n) is 13.4. The SMILES string of the molecule is COc1c(C(C)C)oc2cc3oc(=O)ccc3cc12.COc1c(CC=C(C)C)c2c(c3oc(=O)c(-c4ccc(O)cc4)c(O)c13)C=CC(C)(C)O2. The topological polar surface area (TPSA) is 142 Å². The van der Waals surface area contributed by atoms with E-state index >= 15 is 0 Å². The van der Waals surface area contributed by atoms with Crippen molar-refractivity contribution in [1.82, 2.24) is 0 Å². The van der Waals surface area contributed by atoms with E-state index in [0.717, 1.165) is 33.4 Å². The molecule has 1 aliphatic rings. The van der Waals surface area contributed by atoms with Crippen LogP contribution in [0.2, 0.25) is 0 Å². The Morgan fingerprint density at radius 1 is 0.902 bits per heavy atom. The van der Waals surface area contributed by atoms with Gasteiger partial charge in [-0.25, -0.2) is 9.59 Å². The highest BCUT2D eigenvalue weighted by atomic mass is 16.5. The van der Waals surface area contributed by atoms with Gasteiger partial charge in [0.2, 0.25) is 0 Å². The highest BCUT2D eigenvalue weighted by Crippen LogP contribution is 2.49. The number of phenolic OH excluding ortho intramolecular Hbond substituents is 1. The quantitative estimate of drug-likeness (QED) is 0.128. The molecule has 3 aromatic heterocycles. The van der Waals surface area contributed by atoms with Crippen LogP contribution in [0.1, 0.15) is 64.3 Å². The lowest BCUT2D eigenvalue weighted by Crippen LogP contribution is -2.28. The highest BCUT2D eigenvalue weighted by Gasteiger charge is 2.32. The van der Waals surface area contributed by atoms with Crippen LogP contribution in [0.3, 0.4) is 0 Å². The summed E-state index contributed by atoms with van der Waals surface area (Å²) in [5, 5.41) is 22.9. The molecule has 0 saturated heterocycles. The van der Waals surface area contributed by atoms with Crippen LogP contribution >= 0.6 is 0 Å². The fourth-order valence-electron chi connectivity index (χ4n) is 6.14. The standard InChI is InChI=1S/C26H26O6.C15H14O4/c1-14(2)6-11-17-22-18(12-13-26(3,4)32-22)24-20(23(17)30-5)21(28)19(25(29)31-24)15-7-9-16(27)10-8-15;1-8(2)14-15(17-3)10-6-9-4-5-13(16)18-11(9)7-12(10)19-14/h6-10,12-13,27-28H,11H2,1-5H3;4-8H,1-3H3. The molecule has 1 aliphatic heterocycles. The summed E-state index contributed by atoms with van der Waals surface area (Å²) in [4.78, 5) is 24.2. The van der Waals surface area contributed by atoms with Crippen molar-refractivity contribution in [2.45, 2.75) is 59.5 Å². The minimum Gasteiger partial charge on any atom is -0.508 e. The lowest BCUT2D eigenvalue weighted by atomic mass is 9.93. The number of aromatic hydroxyl groups is 2. The number of furan rings is 1. The summed E-state index contributed by atoms with van der Waals surface area (Å²) < 4.78 is 34.2. The van der Waals surface area contributed by atoms with E-state index in [0.29, 0.717) is 45.6 Å². The zero-order chi connectivity index (χ0) is 36.8. The fourth-order valence-corrected chi connectivity index (χ4v) is 6.14. The Balaban J connectivity index is 0.000000200. The Bertz CT molecular complexity index is 2470. The zero-order valence-electron chi connectivity index (χ0n) is 29.8. The predicted molar refractivity (Wildman–Crippen MR) is 198 cm³/mol. The number of fused-ring (bicyclic) bond motifs is 5. The number of rotatable bonds is 6. The first-order valence-electron chi connectivity index (χ1n) is 16.5. The third kappa shape index (κ3) is 6.57. The van der Waals surface area contributed by atoms with Gasteiger partial charge in [0, 0.05) is 29.0 Å². The minimum absolute atomic E-state index is 0.00458. The van der Waals surface area contributed by atoms with Gasteiger partial charge in [-0.3, -0.25) is 0 Å². The summed E-state index contributed by atoms with van der Waals surface area (Å²) in [7, 11) is 3.15. The molecule has 0 unspecified atom stereocenters. The lowest BCUT2D eigenvalue weighted by Gasteiger charge is -2.31. The number of ether oxygens (including phenoxy) is 3. The normalized spacial score (nSPS) is 13.1. The van der Waals surface area contributed by atoms with E-state index in [4.69, 9.17) is 27.5 Å². The molecule has 0 bridgehead atoms. The van der Waals surface area contributed by atoms with Gasteiger partial charge in [-0.2, -0.15) is 0 Å². The number of methoxy groups -OCH3 is 2. The zero-order valence-corrected chi connectivity index (χ0v) is 29.8. The molecule has 10 heteroatoms. The summed E-state index contributed by atoms with van der Waals surface area (Å²) >= 11 is 0. The second kappa shape index (κ2) is 13.4. The summed E-state index contributed by atoms with van der Waals surface area (Å²) in [6, 6.07) is 12.8. The Labute approximate surface area is 293 Å². The number of phenols is 1. The number of benzene rings is 3. The molecule has 0 spiro atoms. The first kappa shape index (κ1) is 34.9. The van der Waals surface area contributed by atoms with Crippen LogP contribution in [0.25, 0.3) is 50.1 Å². The molecule has 0 atom stereocenters. The maximum atomic E-state index is 12.9. The van der Waals surface area contributed by atoms with Crippen LogP contribution in [0, 0.1) is 0 Å². The minimum atomic E-state index is -0.694. The molecule has 3 aromatic carbocycles. The van der Waals surface area contributed by atoms with Gasteiger partial charge in [-0.15, -0.1) is 0 Å². The van der Waals surface area contributed by atoms with Gasteiger partial charge in [-0.1, -0.05) is 37.6 Å². The Morgan fingerprint density at radius 3 is 2.25 bits per heavy atom. The van der Waals surface area contributed by atoms with Gasteiger partial charge >= 0.3 is 11.3 Å². The van der Waals surface area contributed by atoms with Crippen molar-refractivity contribution in [1.29, 1.82) is 0 Å². The monoisotopic (exact) mass is 692 g/mol. The van der Waals surface area contributed by atoms with Gasteiger partial charge in [-0.05, 0) is 76.1 Å². The molecule has 0 saturated carbocycles. The highest BCUT2D eigenvalue weighted by molar-refractivity contribution is 6.02. The maximum Gasteiger partial charge on any atom is 0.348 e. The molecule has 7 rings (SSSR count). The van der Waals surface area contributed by atoms with E-state index < -0.39 is 11.2 Å². The van der Waals surface area contributed by atoms with Crippen molar-refractivity contribution in [3.63, 3.8) is 0 Å². The summed E-state index contributed by atoms with van der Waals surface area (Å²) in [5.41, 5.74) is 2.68. The number of hydrogen-bond acceptors (Lipinski definition) is 10. The van der Waals surface area contributed by atoms with E-state index in [1.54, 1.807) is 31.4 Å². The van der Waals surface area contributed by atoms with Crippen LogP contribution in [-0.4, -0.2) is 30.0 Å². The van der Waals surface area contributed by atoms with Crippen LogP contribution in [-0.2, 0) is 6.42 Å². The Hall–Kier alpha value is -5.90. The van der Waals surface area contributed by atoms with Gasteiger partial charge < -0.3 is 37.7 Å². The molecule has 4 heterocycles. The lowest BCUT2D eigenvalue weighted by molar-refractivity contribution is 0.157. The van der Waals surface area contributed by atoms with Crippen molar-refractivity contribution in [3.05, 3.63) is 104 Å². The number of hydrogen-bond donors (Lipinski definition) is 2. The molecule has 264 valence electrons. The van der Waals surface area contributed by atoms with E-state index in [1.807, 2.05) is 59.8 Å². The maximum absolute atomic E-state index is 12.9. The molecular formula is C41H40O10. The molecule has 6 aromatic rings. The predicted octanol–water partition coefficient (Wildman–Crippen LogP) is 9.24. The largest absolute Gasteiger partial charge is 0.508 e. The van der Waals surface area contributed by atoms with Crippen LogP contribution in [0.4, 0.5) is 0 Å². The molecule has 0 amide bonds. The van der Waals surface area contributed by atoms with Gasteiger partial charge in [0.1, 0.15) is 56.5 Å². The fraction of sp³-hybridized carbons (Fsp3) is 0.268. The van der Waals surface area contributed by atoms with Crippen molar-refractivity contribution >= 4 is 39.0 Å². The number of allylic oxidation sites excluding steroid dienone is 2. The van der Waals surface area contributed by atoms with E-state index in [-0.39, 0.29) is 34.2 Å². The summed E-state index contributed by atoms with van der Waals surface area (Å²) in [6.07, 6.45) is 6.31. The Kier molecular flexibility index (Phi) is 9.20. The van der Waals surface area contributed by atoms with Crippen molar-refractivity contribution < 1.29 is 37.7 Å². The van der Waals surface area contributed by atoms with Crippen LogP contribution in [0.5, 0.6) is 28.7 Å². The van der Waals surface area contributed by atoms with Gasteiger partial charge in [0.15, 0.2) is 11.3 Å². The smallest absolute Gasteiger partial charge is 0.348 e. The summed E-state index contributed by atoms with van der Waals surface area (Å²) in [6.45, 7) is 12.0.